The molecule has 0 saturated heterocycles. The van der Waals surface area contributed by atoms with Gasteiger partial charge in [-0.15, -0.1) is 0 Å². The van der Waals surface area contributed by atoms with Crippen molar-refractivity contribution >= 4 is 11.9 Å². The summed E-state index contributed by atoms with van der Waals surface area (Å²) in [6.45, 7) is 1.63. The van der Waals surface area contributed by atoms with Crippen LogP contribution in [0.4, 0.5) is 0 Å². The first-order chi connectivity index (χ1) is 8.54. The van der Waals surface area contributed by atoms with Crippen LogP contribution in [0.1, 0.15) is 19.8 Å². The maximum Gasteiger partial charge on any atom is 0.332 e. The summed E-state index contributed by atoms with van der Waals surface area (Å²) < 4.78 is 4.48. The lowest BCUT2D eigenvalue weighted by molar-refractivity contribution is -0.138. The van der Waals surface area contributed by atoms with E-state index in [1.807, 2.05) is 18.2 Å². The SMILES string of the molecule is COC(=O)/C=C(\C)NC(C(=O)O)C1=CCC=CC1. The maximum atomic E-state index is 11.2. The van der Waals surface area contributed by atoms with Gasteiger partial charge in [0.05, 0.1) is 7.11 Å². The first-order valence-corrected chi connectivity index (χ1v) is 5.64. The number of aliphatic carboxylic acids is 1. The zero-order chi connectivity index (χ0) is 13.5. The summed E-state index contributed by atoms with van der Waals surface area (Å²) in [6, 6.07) is -0.809. The molecule has 1 aliphatic rings. The van der Waals surface area contributed by atoms with E-state index in [1.54, 1.807) is 6.92 Å². The minimum Gasteiger partial charge on any atom is -0.479 e. The minimum absolute atomic E-state index is 0.463. The maximum absolute atomic E-state index is 11.2. The van der Waals surface area contributed by atoms with Gasteiger partial charge in [0.25, 0.3) is 0 Å². The lowest BCUT2D eigenvalue weighted by Gasteiger charge is -2.20. The van der Waals surface area contributed by atoms with Crippen molar-refractivity contribution < 1.29 is 19.4 Å². The molecule has 0 aromatic rings. The molecular weight excluding hydrogens is 234 g/mol. The zero-order valence-electron chi connectivity index (χ0n) is 10.5. The monoisotopic (exact) mass is 251 g/mol. The number of rotatable bonds is 5. The van der Waals surface area contributed by atoms with Crippen molar-refractivity contribution in [3.05, 3.63) is 35.6 Å². The van der Waals surface area contributed by atoms with E-state index in [2.05, 4.69) is 10.1 Å². The molecule has 0 aromatic carbocycles. The standard InChI is InChI=1S/C13H17NO4/c1-9(8-11(15)18-2)14-12(13(16)17)10-6-4-3-5-7-10/h3-4,7-8,12,14H,5-6H2,1-2H3,(H,16,17)/b9-8+. The van der Waals surface area contributed by atoms with E-state index >= 15 is 0 Å². The molecule has 0 heterocycles. The molecule has 0 bridgehead atoms. The highest BCUT2D eigenvalue weighted by Gasteiger charge is 2.22. The summed E-state index contributed by atoms with van der Waals surface area (Å²) >= 11 is 0. The van der Waals surface area contributed by atoms with Gasteiger partial charge in [0.1, 0.15) is 6.04 Å². The lowest BCUT2D eigenvalue weighted by atomic mass is 9.98. The Hall–Kier alpha value is -2.04. The number of nitrogens with one attached hydrogen (secondary N) is 1. The Kier molecular flexibility index (Phi) is 5.17. The van der Waals surface area contributed by atoms with Crippen LogP contribution in [0, 0.1) is 0 Å². The highest BCUT2D eigenvalue weighted by atomic mass is 16.5. The molecule has 18 heavy (non-hydrogen) atoms. The van der Waals surface area contributed by atoms with Gasteiger partial charge in [0, 0.05) is 11.8 Å². The number of ether oxygens (including phenoxy) is 1. The predicted molar refractivity (Wildman–Crippen MR) is 66.8 cm³/mol. The van der Waals surface area contributed by atoms with Gasteiger partial charge in [0.2, 0.25) is 0 Å². The molecule has 0 saturated carbocycles. The van der Waals surface area contributed by atoms with E-state index in [4.69, 9.17) is 0 Å². The number of hydrogen-bond donors (Lipinski definition) is 2. The van der Waals surface area contributed by atoms with Crippen LogP contribution >= 0.6 is 0 Å². The topological polar surface area (TPSA) is 75.6 Å². The molecule has 5 nitrogen and oxygen atoms in total. The minimum atomic E-state index is -0.964. The Morgan fingerprint density at radius 1 is 1.50 bits per heavy atom. The number of esters is 1. The van der Waals surface area contributed by atoms with E-state index in [-0.39, 0.29) is 0 Å². The largest absolute Gasteiger partial charge is 0.479 e. The molecule has 2 N–H and O–H groups in total. The van der Waals surface area contributed by atoms with E-state index in [0.717, 1.165) is 12.0 Å². The van der Waals surface area contributed by atoms with Gasteiger partial charge in [-0.05, 0) is 25.3 Å². The molecule has 1 unspecified atom stereocenters. The van der Waals surface area contributed by atoms with Gasteiger partial charge in [-0.1, -0.05) is 18.2 Å². The van der Waals surface area contributed by atoms with Gasteiger partial charge in [-0.25, -0.2) is 9.59 Å². The van der Waals surface area contributed by atoms with Crippen molar-refractivity contribution in [3.63, 3.8) is 0 Å². The summed E-state index contributed by atoms with van der Waals surface area (Å²) in [5.41, 5.74) is 1.26. The summed E-state index contributed by atoms with van der Waals surface area (Å²) in [7, 11) is 1.27. The quantitative estimate of drug-likeness (QED) is 0.438. The third-order valence-corrected chi connectivity index (χ3v) is 2.56. The second-order valence-electron chi connectivity index (χ2n) is 3.96. The van der Waals surface area contributed by atoms with E-state index < -0.39 is 18.0 Å². The van der Waals surface area contributed by atoms with Crippen LogP contribution in [0.5, 0.6) is 0 Å². The Labute approximate surface area is 106 Å². The van der Waals surface area contributed by atoms with Crippen molar-refractivity contribution in [1.29, 1.82) is 0 Å². The van der Waals surface area contributed by atoms with Crippen molar-refractivity contribution in [2.24, 2.45) is 0 Å². The molecule has 1 atom stereocenters. The van der Waals surface area contributed by atoms with Crippen molar-refractivity contribution in [1.82, 2.24) is 5.32 Å². The first-order valence-electron chi connectivity index (χ1n) is 5.64. The number of carbonyl (C=O) groups excluding carboxylic acids is 1. The summed E-state index contributed by atoms with van der Waals surface area (Å²) in [6.07, 6.45) is 8.38. The van der Waals surface area contributed by atoms with Crippen LogP contribution in [0.3, 0.4) is 0 Å². The first kappa shape index (κ1) is 14.0. The molecule has 1 rings (SSSR count). The molecule has 98 valence electrons. The third kappa shape index (κ3) is 4.08. The number of carbonyl (C=O) groups is 2. The average Bonchev–Trinajstić information content (AvgIpc) is 2.36. The molecule has 5 heteroatoms. The highest BCUT2D eigenvalue weighted by Crippen LogP contribution is 2.16. The van der Waals surface area contributed by atoms with Gasteiger partial charge in [-0.3, -0.25) is 0 Å². The smallest absolute Gasteiger partial charge is 0.332 e. The van der Waals surface area contributed by atoms with Gasteiger partial charge < -0.3 is 15.2 Å². The lowest BCUT2D eigenvalue weighted by Crippen LogP contribution is -2.37. The van der Waals surface area contributed by atoms with E-state index in [1.165, 1.54) is 13.2 Å². The van der Waals surface area contributed by atoms with Crippen LogP contribution in [0.2, 0.25) is 0 Å². The number of carboxylic acid groups (broad SMARTS) is 1. The normalized spacial score (nSPS) is 16.8. The number of carboxylic acids is 1. The van der Waals surface area contributed by atoms with E-state index in [0.29, 0.717) is 12.1 Å². The fourth-order valence-corrected chi connectivity index (χ4v) is 1.67. The summed E-state index contributed by atoms with van der Waals surface area (Å²) in [4.78, 5) is 22.3. The van der Waals surface area contributed by atoms with Crippen molar-refractivity contribution in [3.8, 4) is 0 Å². The Bertz CT molecular complexity index is 421. The fraction of sp³-hybridized carbons (Fsp3) is 0.385. The number of hydrogen-bond acceptors (Lipinski definition) is 4. The molecule has 0 spiro atoms. The molecule has 1 aliphatic carbocycles. The summed E-state index contributed by atoms with van der Waals surface area (Å²) in [5, 5.41) is 12.0. The molecule has 0 fully saturated rings. The Morgan fingerprint density at radius 2 is 2.22 bits per heavy atom. The van der Waals surface area contributed by atoms with Gasteiger partial charge in [0.15, 0.2) is 0 Å². The predicted octanol–water partition coefficient (Wildman–Crippen LogP) is 1.38. The molecular formula is C13H17NO4. The van der Waals surface area contributed by atoms with Crippen LogP contribution in [0.15, 0.2) is 35.6 Å². The number of methoxy groups -OCH3 is 1. The number of allylic oxidation sites excluding steroid dienone is 4. The van der Waals surface area contributed by atoms with Crippen molar-refractivity contribution in [2.75, 3.05) is 7.11 Å². The molecule has 0 radical (unpaired) electrons. The van der Waals surface area contributed by atoms with Crippen LogP contribution in [0.25, 0.3) is 0 Å². The average molecular weight is 251 g/mol. The Balaban J connectivity index is 2.75. The van der Waals surface area contributed by atoms with E-state index in [9.17, 15) is 14.7 Å². The fourth-order valence-electron chi connectivity index (χ4n) is 1.67. The van der Waals surface area contributed by atoms with Gasteiger partial charge >= 0.3 is 11.9 Å². The highest BCUT2D eigenvalue weighted by molar-refractivity contribution is 5.83. The Morgan fingerprint density at radius 3 is 2.72 bits per heavy atom. The van der Waals surface area contributed by atoms with Crippen LogP contribution < -0.4 is 5.32 Å². The van der Waals surface area contributed by atoms with Crippen LogP contribution in [-0.4, -0.2) is 30.2 Å². The summed E-state index contributed by atoms with van der Waals surface area (Å²) in [5.74, 6) is -1.48. The van der Waals surface area contributed by atoms with Crippen molar-refractivity contribution in [2.45, 2.75) is 25.8 Å². The molecule has 0 aliphatic heterocycles. The second-order valence-corrected chi connectivity index (χ2v) is 3.96. The molecule has 0 amide bonds. The zero-order valence-corrected chi connectivity index (χ0v) is 10.5. The third-order valence-electron chi connectivity index (χ3n) is 2.56. The molecule has 0 aromatic heterocycles. The van der Waals surface area contributed by atoms with Gasteiger partial charge in [-0.2, -0.15) is 0 Å². The second kappa shape index (κ2) is 6.64. The van der Waals surface area contributed by atoms with Crippen LogP contribution in [-0.2, 0) is 14.3 Å².